The highest BCUT2D eigenvalue weighted by Crippen LogP contribution is 2.65. The number of aliphatic carboxylic acids is 6. The van der Waals surface area contributed by atoms with E-state index in [1.807, 2.05) is 96.9 Å². The van der Waals surface area contributed by atoms with Crippen molar-refractivity contribution >= 4 is 107 Å². The topological polar surface area (TPSA) is 589 Å². The molecule has 6 bridgehead atoms. The molecule has 11 aliphatic rings. The van der Waals surface area contributed by atoms with E-state index in [4.69, 9.17) is 18.9 Å². The van der Waals surface area contributed by atoms with Crippen LogP contribution in [0.5, 0.6) is 0 Å². The number of nitrogens with one attached hydrogen (secondary N) is 8. The molecule has 11 fully saturated rings. The number of esters is 4. The zero-order valence-electron chi connectivity index (χ0n) is 91.5. The largest absolute Gasteiger partial charge is 0.481 e. The number of hydrogen-bond donors (Lipinski definition) is 15. The van der Waals surface area contributed by atoms with E-state index in [-0.39, 0.29) is 116 Å². The number of likely N-dealkylation sites (tertiary alicyclic amines) is 1. The summed E-state index contributed by atoms with van der Waals surface area (Å²) in [6, 6.07) is -1.16. The molecule has 0 spiro atoms. The van der Waals surface area contributed by atoms with Crippen LogP contribution in [0, 0.1) is 114 Å². The van der Waals surface area contributed by atoms with Crippen LogP contribution in [-0.4, -0.2) is 263 Å². The summed E-state index contributed by atoms with van der Waals surface area (Å²) in [6.07, 6.45) is 25.0. The first-order valence-electron chi connectivity index (χ1n) is 54.3. The molecule has 0 aromatic rings. The Morgan fingerprint density at radius 1 is 0.395 bits per heavy atom. The predicted molar refractivity (Wildman–Crippen MR) is 546 cm³/mol. The summed E-state index contributed by atoms with van der Waals surface area (Å²) in [4.78, 5) is 217. The van der Waals surface area contributed by atoms with E-state index < -0.39 is 139 Å². The van der Waals surface area contributed by atoms with Gasteiger partial charge in [-0.05, 0) is 257 Å². The van der Waals surface area contributed by atoms with Gasteiger partial charge in [-0.3, -0.25) is 81.6 Å². The Balaban J connectivity index is 0.000000312. The van der Waals surface area contributed by atoms with Crippen LogP contribution >= 0.6 is 0 Å². The number of aliphatic hydroxyl groups excluding tert-OH is 1. The number of hydrogen-bond acceptors (Lipinski definition) is 24. The molecular formula is C108H182N10O29. The summed E-state index contributed by atoms with van der Waals surface area (Å²) in [6.45, 7) is 37.9. The maximum Gasteiger partial charge on any atom is 0.329 e. The lowest BCUT2D eigenvalue weighted by atomic mass is 9.44. The molecule has 10 saturated carbocycles. The third-order valence-corrected chi connectivity index (χ3v) is 33.3. The molecule has 39 heteroatoms. The Labute approximate surface area is 870 Å². The van der Waals surface area contributed by atoms with Gasteiger partial charge in [0.1, 0.15) is 37.6 Å². The first kappa shape index (κ1) is 128. The molecule has 9 amide bonds. The van der Waals surface area contributed by atoms with E-state index >= 15 is 0 Å². The smallest absolute Gasteiger partial charge is 0.329 e. The number of rotatable bonds is 49. The summed E-state index contributed by atoms with van der Waals surface area (Å²) in [7, 11) is 1.67. The fraction of sp³-hybridized carbons (Fsp3) is 0.833. The minimum absolute atomic E-state index is 0.00827. The number of carboxylic acid groups (broad SMARTS) is 6. The van der Waals surface area contributed by atoms with E-state index in [0.717, 1.165) is 135 Å². The zero-order valence-corrected chi connectivity index (χ0v) is 91.5. The molecule has 1 saturated heterocycles. The minimum Gasteiger partial charge on any atom is -0.481 e. The van der Waals surface area contributed by atoms with Gasteiger partial charge in [0.25, 0.3) is 0 Å². The van der Waals surface area contributed by atoms with Gasteiger partial charge in [0.15, 0.2) is 0 Å². The number of fused-ring (bicyclic) bond motifs is 3. The number of ether oxygens (including phenoxy) is 4. The van der Waals surface area contributed by atoms with E-state index in [9.17, 15) is 122 Å². The van der Waals surface area contributed by atoms with Crippen LogP contribution in [0.3, 0.4) is 0 Å². The first-order valence-corrected chi connectivity index (χ1v) is 54.3. The van der Waals surface area contributed by atoms with Crippen molar-refractivity contribution in [1.29, 1.82) is 0 Å². The number of amides is 9. The normalized spacial score (nSPS) is 25.8. The predicted octanol–water partition coefficient (Wildman–Crippen LogP) is 12.2. The lowest BCUT2D eigenvalue weighted by Gasteiger charge is -2.59. The fourth-order valence-electron chi connectivity index (χ4n) is 21.2. The highest BCUT2D eigenvalue weighted by atomic mass is 16.6. The molecule has 39 nitrogen and oxygen atoms in total. The van der Waals surface area contributed by atoms with Gasteiger partial charge in [0.05, 0.1) is 82.3 Å². The van der Waals surface area contributed by atoms with Crippen LogP contribution in [0.15, 0.2) is 0 Å². The Hall–Kier alpha value is -9.82. The molecule has 147 heavy (non-hydrogen) atoms. The molecule has 15 N–H and O–H groups in total. The van der Waals surface area contributed by atoms with Crippen LogP contribution in [0.25, 0.3) is 0 Å². The molecule has 0 radical (unpaired) electrons. The quantitative estimate of drug-likeness (QED) is 0.0153. The van der Waals surface area contributed by atoms with E-state index in [1.165, 1.54) is 4.90 Å². The van der Waals surface area contributed by atoms with Crippen molar-refractivity contribution in [2.24, 2.45) is 114 Å². The van der Waals surface area contributed by atoms with Crippen molar-refractivity contribution in [3.63, 3.8) is 0 Å². The second-order valence-electron chi connectivity index (χ2n) is 46.6. The van der Waals surface area contributed by atoms with Gasteiger partial charge in [-0.1, -0.05) is 122 Å². The van der Waals surface area contributed by atoms with Crippen molar-refractivity contribution in [2.45, 2.75) is 367 Å². The van der Waals surface area contributed by atoms with Gasteiger partial charge in [0, 0.05) is 75.5 Å². The minimum atomic E-state index is -1.14. The number of likely N-dealkylation sites (N-methyl/N-ethyl adjacent to an activating group) is 1. The average Bonchev–Trinajstić information content (AvgIpc) is 1.67. The SMILES string of the molecule is CCC(C)(C)C(=O)NCCCCCNC(=O)CCCCOC(=O)C1CCCCC1C(=O)O.CCC(C)(C)C(=O)NCCN(C)C(=O)C1CCCCC1C(=O)O.CCC(C)(C)C(=O)NCCNC(=O)C1CCCCC1C(=O)O.CCC(C)(C)C(=O)OCC(O)N1CC2CC2C1C(=O)O.CCC(C)(C)C(=O)OCCNC(=O)C12CC3CC(CC(C(=O)O)(C3)C1)C2.CCC(C)(C)C(=O)OCCNC(=O)NC1(C(=O)O)CC2CCC1C2. The number of unbranched alkanes of at least 4 members (excludes halogenated alkanes) is 3. The van der Waals surface area contributed by atoms with Gasteiger partial charge >= 0.3 is 65.7 Å². The third-order valence-electron chi connectivity index (χ3n) is 33.3. The van der Waals surface area contributed by atoms with Crippen molar-refractivity contribution < 1.29 is 141 Å². The van der Waals surface area contributed by atoms with Crippen molar-refractivity contribution in [2.75, 3.05) is 92.4 Å². The van der Waals surface area contributed by atoms with E-state index in [2.05, 4.69) is 42.5 Å². The molecule has 1 heterocycles. The van der Waals surface area contributed by atoms with Crippen LogP contribution in [0.2, 0.25) is 0 Å². The maximum absolute atomic E-state index is 12.9. The van der Waals surface area contributed by atoms with Gasteiger partial charge in [0.2, 0.25) is 41.4 Å². The highest BCUT2D eigenvalue weighted by Gasteiger charge is 2.64. The van der Waals surface area contributed by atoms with Crippen LogP contribution in [0.4, 0.5) is 4.79 Å². The molecule has 838 valence electrons. The van der Waals surface area contributed by atoms with Crippen LogP contribution in [0.1, 0.15) is 349 Å². The number of carbonyl (C=O) groups is 18. The number of nitrogens with zero attached hydrogens (tertiary/aromatic N) is 2. The molecule has 10 aliphatic carbocycles. The molecular weight excluding hydrogens is 1900 g/mol. The summed E-state index contributed by atoms with van der Waals surface area (Å²) in [5.74, 6) is -8.65. The summed E-state index contributed by atoms with van der Waals surface area (Å²) in [5, 5.41) is 88.7. The summed E-state index contributed by atoms with van der Waals surface area (Å²) >= 11 is 0. The lowest BCUT2D eigenvalue weighted by molar-refractivity contribution is -0.179. The standard InChI is InChI=1S/C24H42N2O6.C20H31NO5.C17H28N2O5.C17H30N2O4.C16H28N2O4.C14H23NO5/c1-4-24(2,3)23(31)26-16-10-5-9-15-25-20(27)14-8-11-17-32-22(30)19-13-7-6-12-18(19)21(28)29;1-4-18(2,3)17(25)26-6-5-21-15(22)19-8-13-7-14(9-19)11-20(10-13,12-19)16(23)24;1-4-16(2,3)14(22)24-8-7-18-15(23)19-17(13(20)21)10-11-5-6-12(17)9-11;1-5-17(2,3)16(23)18-10-11-19(4)14(20)12-8-6-7-9-13(12)15(21)22;1-4-16(2,3)15(22)18-10-9-17-13(19)11-7-5-6-8-12(11)14(20)21;1-4-14(2,3)13(19)20-7-10(16)15-6-8-5-9(8)11(15)12(17)18/h18-19H,4-17H2,1-3H3,(H,25,27)(H,26,31)(H,28,29);13-14H,4-12H2,1-3H3,(H,21,22)(H,23,24);11-12H,4-10H2,1-3H3,(H,20,21)(H2,18,19,23);12-13H,5-11H2,1-4H3,(H,18,23)(H,21,22);11-12H,4-10H2,1-3H3,(H,17,19)(H,18,22)(H,20,21);8-11,16H,4-7H2,1-3H3,(H,17,18). The second kappa shape index (κ2) is 58.5. The number of carboxylic acids is 6. The third kappa shape index (κ3) is 37.9. The molecule has 0 aromatic heterocycles. The molecule has 15 unspecified atom stereocenters. The van der Waals surface area contributed by atoms with Gasteiger partial charge < -0.3 is 102 Å². The Morgan fingerprint density at radius 3 is 1.29 bits per heavy atom. The first-order chi connectivity index (χ1) is 68.8. The lowest BCUT2D eigenvalue weighted by Crippen LogP contribution is -2.60. The number of piperidine rings is 1. The van der Waals surface area contributed by atoms with E-state index in [1.54, 1.807) is 39.6 Å². The van der Waals surface area contributed by atoms with Gasteiger partial charge in [-0.25, -0.2) is 9.59 Å². The second-order valence-corrected chi connectivity index (χ2v) is 46.6. The number of urea groups is 1. The molecule has 11 rings (SSSR count). The molecule has 15 atom stereocenters. The van der Waals surface area contributed by atoms with Crippen LogP contribution < -0.4 is 42.5 Å². The van der Waals surface area contributed by atoms with Crippen molar-refractivity contribution in [1.82, 2.24) is 52.3 Å². The Kier molecular flexibility index (Phi) is 50.8. The summed E-state index contributed by atoms with van der Waals surface area (Å²) < 4.78 is 20.8. The monoisotopic (exact) mass is 2080 g/mol. The van der Waals surface area contributed by atoms with Gasteiger partial charge in [-0.2, -0.15) is 0 Å². The van der Waals surface area contributed by atoms with Crippen molar-refractivity contribution in [3.05, 3.63) is 0 Å². The Morgan fingerprint density at radius 2 is 0.830 bits per heavy atom. The number of aliphatic hydroxyl groups is 1. The summed E-state index contributed by atoms with van der Waals surface area (Å²) in [5.41, 5.74) is -5.21. The fourth-order valence-corrected chi connectivity index (χ4v) is 21.2. The van der Waals surface area contributed by atoms with E-state index in [0.29, 0.717) is 159 Å². The van der Waals surface area contributed by atoms with Gasteiger partial charge in [-0.15, -0.1) is 0 Å². The molecule has 0 aromatic carbocycles. The molecule has 1 aliphatic heterocycles. The maximum atomic E-state index is 12.9. The van der Waals surface area contributed by atoms with Crippen LogP contribution in [-0.2, 0) is 100 Å². The van der Waals surface area contributed by atoms with Crippen molar-refractivity contribution in [3.8, 4) is 0 Å². The number of carbonyl (C=O) groups excluding carboxylic acids is 12. The zero-order chi connectivity index (χ0) is 111. The average molecular weight is 2080 g/mol. The highest BCUT2D eigenvalue weighted by molar-refractivity contribution is 5.90. The Bertz CT molecular complexity index is 4400.